The lowest BCUT2D eigenvalue weighted by Gasteiger charge is -2.19. The Bertz CT molecular complexity index is 277. The van der Waals surface area contributed by atoms with Crippen LogP contribution in [0.15, 0.2) is 0 Å². The Hall–Kier alpha value is -1.06. The number of hydrogen-bond donors (Lipinski definition) is 1. The van der Waals surface area contributed by atoms with E-state index in [4.69, 9.17) is 5.11 Å². The first kappa shape index (κ1) is 10.5. The van der Waals surface area contributed by atoms with E-state index in [1.165, 1.54) is 0 Å². The number of carbonyl (C=O) groups is 2. The van der Waals surface area contributed by atoms with Crippen molar-refractivity contribution in [2.45, 2.75) is 32.1 Å². The van der Waals surface area contributed by atoms with Gasteiger partial charge in [0.25, 0.3) is 0 Å². The molecular formula is C11H17NO3. The first-order chi connectivity index (χ1) is 7.16. The summed E-state index contributed by atoms with van der Waals surface area (Å²) in [4.78, 5) is 24.1. The highest BCUT2D eigenvalue weighted by Gasteiger charge is 2.32. The van der Waals surface area contributed by atoms with Gasteiger partial charge in [-0.1, -0.05) is 0 Å². The highest BCUT2D eigenvalue weighted by atomic mass is 16.4. The fourth-order valence-corrected chi connectivity index (χ4v) is 2.67. The molecule has 1 aliphatic carbocycles. The molecule has 1 aliphatic heterocycles. The molecule has 2 unspecified atom stereocenters. The molecule has 4 nitrogen and oxygen atoms in total. The Balaban J connectivity index is 1.81. The molecule has 84 valence electrons. The standard InChI is InChI=1S/C11H17NO3/c13-10-2-1-5-12(10)7-8-3-4-9(6-8)11(14)15/h8-9H,1-7H2,(H,14,15). The summed E-state index contributed by atoms with van der Waals surface area (Å²) in [5, 5.41) is 8.86. The minimum absolute atomic E-state index is 0.173. The molecule has 2 rings (SSSR count). The number of carboxylic acid groups (broad SMARTS) is 1. The third kappa shape index (κ3) is 2.30. The molecule has 1 heterocycles. The Morgan fingerprint density at radius 3 is 2.80 bits per heavy atom. The quantitative estimate of drug-likeness (QED) is 0.760. The van der Waals surface area contributed by atoms with Crippen LogP contribution in [-0.2, 0) is 9.59 Å². The lowest BCUT2D eigenvalue weighted by Crippen LogP contribution is -2.29. The van der Waals surface area contributed by atoms with Crippen molar-refractivity contribution < 1.29 is 14.7 Å². The van der Waals surface area contributed by atoms with E-state index in [1.807, 2.05) is 4.90 Å². The molecule has 2 atom stereocenters. The molecular weight excluding hydrogens is 194 g/mol. The maximum atomic E-state index is 11.4. The Morgan fingerprint density at radius 1 is 1.47 bits per heavy atom. The molecule has 0 aromatic heterocycles. The molecule has 1 saturated carbocycles. The van der Waals surface area contributed by atoms with Crippen LogP contribution in [0.25, 0.3) is 0 Å². The van der Waals surface area contributed by atoms with E-state index in [1.54, 1.807) is 0 Å². The molecule has 0 aromatic rings. The number of carboxylic acids is 1. The van der Waals surface area contributed by atoms with Gasteiger partial charge in [-0.2, -0.15) is 0 Å². The number of hydrogen-bond acceptors (Lipinski definition) is 2. The van der Waals surface area contributed by atoms with Crippen LogP contribution in [0.2, 0.25) is 0 Å². The van der Waals surface area contributed by atoms with Crippen molar-refractivity contribution in [2.75, 3.05) is 13.1 Å². The summed E-state index contributed by atoms with van der Waals surface area (Å²) in [5.41, 5.74) is 0. The van der Waals surface area contributed by atoms with E-state index in [0.717, 1.165) is 38.8 Å². The summed E-state index contributed by atoms with van der Waals surface area (Å²) in [6, 6.07) is 0. The van der Waals surface area contributed by atoms with Crippen molar-refractivity contribution >= 4 is 11.9 Å². The normalized spacial score (nSPS) is 31.2. The topological polar surface area (TPSA) is 57.6 Å². The van der Waals surface area contributed by atoms with Gasteiger partial charge < -0.3 is 10.0 Å². The third-order valence-electron chi connectivity index (χ3n) is 3.54. The Morgan fingerprint density at radius 2 is 2.27 bits per heavy atom. The van der Waals surface area contributed by atoms with Gasteiger partial charge in [0.05, 0.1) is 5.92 Å². The zero-order valence-corrected chi connectivity index (χ0v) is 8.82. The summed E-state index contributed by atoms with van der Waals surface area (Å²) < 4.78 is 0. The molecule has 0 radical (unpaired) electrons. The van der Waals surface area contributed by atoms with Gasteiger partial charge in [-0.3, -0.25) is 9.59 Å². The number of amides is 1. The third-order valence-corrected chi connectivity index (χ3v) is 3.54. The first-order valence-corrected chi connectivity index (χ1v) is 5.67. The molecule has 1 N–H and O–H groups in total. The van der Waals surface area contributed by atoms with Crippen LogP contribution in [0, 0.1) is 11.8 Å². The largest absolute Gasteiger partial charge is 0.481 e. The van der Waals surface area contributed by atoms with Crippen molar-refractivity contribution in [1.82, 2.24) is 4.90 Å². The van der Waals surface area contributed by atoms with Gasteiger partial charge in [0.2, 0.25) is 5.91 Å². The lowest BCUT2D eigenvalue weighted by molar-refractivity contribution is -0.141. The molecule has 0 aromatic carbocycles. The number of carbonyl (C=O) groups excluding carboxylic acids is 1. The zero-order valence-electron chi connectivity index (χ0n) is 8.82. The summed E-state index contributed by atoms with van der Waals surface area (Å²) >= 11 is 0. The predicted molar refractivity (Wildman–Crippen MR) is 54.3 cm³/mol. The zero-order chi connectivity index (χ0) is 10.8. The van der Waals surface area contributed by atoms with Gasteiger partial charge in [0.1, 0.15) is 0 Å². The number of aliphatic carboxylic acids is 1. The van der Waals surface area contributed by atoms with E-state index in [0.29, 0.717) is 12.3 Å². The molecule has 1 saturated heterocycles. The van der Waals surface area contributed by atoms with Crippen molar-refractivity contribution in [1.29, 1.82) is 0 Å². The van der Waals surface area contributed by atoms with Crippen LogP contribution < -0.4 is 0 Å². The minimum atomic E-state index is -0.676. The fourth-order valence-electron chi connectivity index (χ4n) is 2.67. The van der Waals surface area contributed by atoms with E-state index in [9.17, 15) is 9.59 Å². The molecule has 2 fully saturated rings. The second-order valence-electron chi connectivity index (χ2n) is 4.66. The summed E-state index contributed by atoms with van der Waals surface area (Å²) in [6.45, 7) is 1.65. The molecule has 2 aliphatic rings. The molecule has 4 heteroatoms. The van der Waals surface area contributed by atoms with Crippen molar-refractivity contribution in [2.24, 2.45) is 11.8 Å². The van der Waals surface area contributed by atoms with Crippen LogP contribution in [-0.4, -0.2) is 35.0 Å². The highest BCUT2D eigenvalue weighted by molar-refractivity contribution is 5.78. The maximum Gasteiger partial charge on any atom is 0.306 e. The van der Waals surface area contributed by atoms with Crippen LogP contribution in [0.5, 0.6) is 0 Å². The number of likely N-dealkylation sites (tertiary alicyclic amines) is 1. The van der Waals surface area contributed by atoms with Crippen LogP contribution in [0.3, 0.4) is 0 Å². The van der Waals surface area contributed by atoms with Crippen LogP contribution >= 0.6 is 0 Å². The van der Waals surface area contributed by atoms with Gasteiger partial charge in [0.15, 0.2) is 0 Å². The molecule has 1 amide bonds. The minimum Gasteiger partial charge on any atom is -0.481 e. The molecule has 0 bridgehead atoms. The maximum absolute atomic E-state index is 11.4. The predicted octanol–water partition coefficient (Wildman–Crippen LogP) is 1.11. The van der Waals surface area contributed by atoms with Crippen LogP contribution in [0.1, 0.15) is 32.1 Å². The average Bonchev–Trinajstić information content (AvgIpc) is 2.77. The summed E-state index contributed by atoms with van der Waals surface area (Å²) in [7, 11) is 0. The second-order valence-corrected chi connectivity index (χ2v) is 4.66. The van der Waals surface area contributed by atoms with Gasteiger partial charge >= 0.3 is 5.97 Å². The fraction of sp³-hybridized carbons (Fsp3) is 0.818. The van der Waals surface area contributed by atoms with E-state index in [-0.39, 0.29) is 11.8 Å². The van der Waals surface area contributed by atoms with Crippen molar-refractivity contribution in [3.63, 3.8) is 0 Å². The monoisotopic (exact) mass is 211 g/mol. The smallest absolute Gasteiger partial charge is 0.306 e. The number of rotatable bonds is 3. The summed E-state index contributed by atoms with van der Waals surface area (Å²) in [5.74, 6) is -0.195. The van der Waals surface area contributed by atoms with E-state index < -0.39 is 5.97 Å². The Labute approximate surface area is 89.3 Å². The van der Waals surface area contributed by atoms with Gasteiger partial charge in [0, 0.05) is 19.5 Å². The van der Waals surface area contributed by atoms with Crippen molar-refractivity contribution in [3.8, 4) is 0 Å². The molecule has 15 heavy (non-hydrogen) atoms. The number of nitrogens with zero attached hydrogens (tertiary/aromatic N) is 1. The lowest BCUT2D eigenvalue weighted by atomic mass is 10.0. The van der Waals surface area contributed by atoms with Crippen LogP contribution in [0.4, 0.5) is 0 Å². The van der Waals surface area contributed by atoms with Gasteiger partial charge in [-0.25, -0.2) is 0 Å². The SMILES string of the molecule is O=C(O)C1CCC(CN2CCCC2=O)C1. The van der Waals surface area contributed by atoms with Gasteiger partial charge in [-0.15, -0.1) is 0 Å². The average molecular weight is 211 g/mol. The van der Waals surface area contributed by atoms with E-state index in [2.05, 4.69) is 0 Å². The van der Waals surface area contributed by atoms with E-state index >= 15 is 0 Å². The molecule has 0 spiro atoms. The van der Waals surface area contributed by atoms with Crippen molar-refractivity contribution in [3.05, 3.63) is 0 Å². The first-order valence-electron chi connectivity index (χ1n) is 5.67. The van der Waals surface area contributed by atoms with Gasteiger partial charge in [-0.05, 0) is 31.6 Å². The summed E-state index contributed by atoms with van der Waals surface area (Å²) in [6.07, 6.45) is 4.13. The highest BCUT2D eigenvalue weighted by Crippen LogP contribution is 2.32. The Kier molecular flexibility index (Phi) is 2.93. The second kappa shape index (κ2) is 4.21.